The van der Waals surface area contributed by atoms with Gasteiger partial charge in [0, 0.05) is 9.35 Å². The lowest BCUT2D eigenvalue weighted by atomic mass is 9.98. The molecule has 1 unspecified atom stereocenters. The molecule has 1 atom stereocenters. The number of rotatable bonds is 4. The first-order valence-corrected chi connectivity index (χ1v) is 8.97. The van der Waals surface area contributed by atoms with Crippen LogP contribution in [0.2, 0.25) is 0 Å². The Kier molecular flexibility index (Phi) is 4.76. The fourth-order valence-electron chi connectivity index (χ4n) is 2.47. The molecule has 0 aliphatic carbocycles. The summed E-state index contributed by atoms with van der Waals surface area (Å²) in [5.74, 6) is 5.78. The van der Waals surface area contributed by atoms with Crippen LogP contribution in [0.15, 0.2) is 56.8 Å². The van der Waals surface area contributed by atoms with E-state index in [2.05, 4.69) is 85.8 Å². The number of fused-ring (bicyclic) bond motifs is 1. The molecule has 3 aromatic rings. The summed E-state index contributed by atoms with van der Waals surface area (Å²) in [7, 11) is 0. The second-order valence-corrected chi connectivity index (χ2v) is 8.09. The highest BCUT2D eigenvalue weighted by Gasteiger charge is 2.16. The molecule has 0 bridgehead atoms. The number of hydrazine groups is 1. The summed E-state index contributed by atoms with van der Waals surface area (Å²) >= 11 is 8.77. The number of halogens is 2. The van der Waals surface area contributed by atoms with Gasteiger partial charge in [0.25, 0.3) is 0 Å². The molecule has 3 N–H and O–H groups in total. The molecule has 3 rings (SSSR count). The van der Waals surface area contributed by atoms with Gasteiger partial charge in [0.1, 0.15) is 0 Å². The standard InChI is InChI=1S/C16H14Br2N2S/c17-13-9-15(21-16(13)18)14(20-19)8-11-6-3-5-10-4-1-2-7-12(10)11/h1-7,9,14,20H,8,19H2. The summed E-state index contributed by atoms with van der Waals surface area (Å²) in [6.07, 6.45) is 0.858. The highest BCUT2D eigenvalue weighted by atomic mass is 79.9. The lowest BCUT2D eigenvalue weighted by Crippen LogP contribution is -2.29. The first kappa shape index (κ1) is 15.2. The van der Waals surface area contributed by atoms with Crippen LogP contribution in [-0.4, -0.2) is 0 Å². The predicted octanol–water partition coefficient (Wildman–Crippen LogP) is 5.17. The van der Waals surface area contributed by atoms with Gasteiger partial charge in [-0.15, -0.1) is 11.3 Å². The van der Waals surface area contributed by atoms with Gasteiger partial charge in [0.05, 0.1) is 9.83 Å². The minimum atomic E-state index is 0.100. The molecule has 2 aromatic carbocycles. The van der Waals surface area contributed by atoms with Gasteiger partial charge in [0.15, 0.2) is 0 Å². The molecule has 0 radical (unpaired) electrons. The maximum Gasteiger partial charge on any atom is 0.0843 e. The summed E-state index contributed by atoms with van der Waals surface area (Å²) in [5, 5.41) is 2.55. The Hall–Kier alpha value is -0.720. The molecule has 2 nitrogen and oxygen atoms in total. The van der Waals surface area contributed by atoms with Crippen molar-refractivity contribution in [2.24, 2.45) is 5.84 Å². The minimum absolute atomic E-state index is 0.100. The van der Waals surface area contributed by atoms with Gasteiger partial charge in [0.2, 0.25) is 0 Å². The van der Waals surface area contributed by atoms with Gasteiger partial charge < -0.3 is 0 Å². The topological polar surface area (TPSA) is 38.0 Å². The second kappa shape index (κ2) is 6.58. The van der Waals surface area contributed by atoms with E-state index in [0.717, 1.165) is 14.7 Å². The SMILES string of the molecule is NNC(Cc1cccc2ccccc12)c1cc(Br)c(Br)s1. The first-order valence-electron chi connectivity index (χ1n) is 6.56. The van der Waals surface area contributed by atoms with Crippen molar-refractivity contribution < 1.29 is 0 Å². The van der Waals surface area contributed by atoms with Crippen LogP contribution in [0.5, 0.6) is 0 Å². The zero-order chi connectivity index (χ0) is 14.8. The Bertz CT molecular complexity index is 745. The van der Waals surface area contributed by atoms with Gasteiger partial charge in [-0.05, 0) is 60.7 Å². The zero-order valence-corrected chi connectivity index (χ0v) is 15.1. The molecule has 21 heavy (non-hydrogen) atoms. The third-order valence-corrected chi connectivity index (χ3v) is 6.88. The second-order valence-electron chi connectivity index (χ2n) is 4.83. The van der Waals surface area contributed by atoms with E-state index in [1.54, 1.807) is 11.3 Å². The Balaban J connectivity index is 1.96. The largest absolute Gasteiger partial charge is 0.271 e. The maximum atomic E-state index is 5.78. The number of hydrogen-bond acceptors (Lipinski definition) is 3. The van der Waals surface area contributed by atoms with E-state index in [1.807, 2.05) is 0 Å². The van der Waals surface area contributed by atoms with E-state index >= 15 is 0 Å². The van der Waals surface area contributed by atoms with Crippen LogP contribution in [0.3, 0.4) is 0 Å². The lowest BCUT2D eigenvalue weighted by Gasteiger charge is -2.15. The molecule has 0 saturated heterocycles. The third-order valence-electron chi connectivity index (χ3n) is 3.51. The van der Waals surface area contributed by atoms with Crippen molar-refractivity contribution >= 4 is 54.0 Å². The van der Waals surface area contributed by atoms with Gasteiger partial charge in [-0.3, -0.25) is 11.3 Å². The predicted molar refractivity (Wildman–Crippen MR) is 97.4 cm³/mol. The quantitative estimate of drug-likeness (QED) is 0.446. The Morgan fingerprint density at radius 3 is 2.57 bits per heavy atom. The normalized spacial score (nSPS) is 12.7. The average molecular weight is 426 g/mol. The molecule has 0 amide bonds. The first-order chi connectivity index (χ1) is 10.2. The lowest BCUT2D eigenvalue weighted by molar-refractivity contribution is 0.562. The van der Waals surface area contributed by atoms with Crippen molar-refractivity contribution in [3.63, 3.8) is 0 Å². The summed E-state index contributed by atoms with van der Waals surface area (Å²) in [6.45, 7) is 0. The summed E-state index contributed by atoms with van der Waals surface area (Å²) in [5.41, 5.74) is 4.24. The van der Waals surface area contributed by atoms with E-state index in [-0.39, 0.29) is 6.04 Å². The van der Waals surface area contributed by atoms with Gasteiger partial charge in [-0.1, -0.05) is 42.5 Å². The molecule has 0 fully saturated rings. The fourth-order valence-corrected chi connectivity index (χ4v) is 4.62. The van der Waals surface area contributed by atoms with Crippen LogP contribution >= 0.6 is 43.2 Å². The summed E-state index contributed by atoms with van der Waals surface area (Å²) in [6, 6.07) is 17.1. The molecular formula is C16H14Br2N2S. The molecule has 1 aromatic heterocycles. The van der Waals surface area contributed by atoms with Crippen molar-refractivity contribution in [1.82, 2.24) is 5.43 Å². The maximum absolute atomic E-state index is 5.78. The number of benzene rings is 2. The van der Waals surface area contributed by atoms with Gasteiger partial charge in [-0.2, -0.15) is 0 Å². The Morgan fingerprint density at radius 2 is 1.86 bits per heavy atom. The Labute approximate surface area is 144 Å². The molecule has 0 spiro atoms. The minimum Gasteiger partial charge on any atom is -0.271 e. The van der Waals surface area contributed by atoms with Crippen LogP contribution < -0.4 is 11.3 Å². The summed E-state index contributed by atoms with van der Waals surface area (Å²) in [4.78, 5) is 1.21. The molecule has 1 heterocycles. The van der Waals surface area contributed by atoms with Crippen molar-refractivity contribution in [3.05, 3.63) is 67.2 Å². The van der Waals surface area contributed by atoms with E-state index in [9.17, 15) is 0 Å². The molecule has 0 saturated carbocycles. The summed E-state index contributed by atoms with van der Waals surface area (Å²) < 4.78 is 2.16. The fraction of sp³-hybridized carbons (Fsp3) is 0.125. The van der Waals surface area contributed by atoms with Crippen molar-refractivity contribution in [1.29, 1.82) is 0 Å². The van der Waals surface area contributed by atoms with Crippen molar-refractivity contribution in [3.8, 4) is 0 Å². The smallest absolute Gasteiger partial charge is 0.0843 e. The van der Waals surface area contributed by atoms with Crippen molar-refractivity contribution in [2.75, 3.05) is 0 Å². The molecule has 108 valence electrons. The monoisotopic (exact) mass is 424 g/mol. The average Bonchev–Trinajstić information content (AvgIpc) is 2.84. The molecule has 0 aliphatic heterocycles. The van der Waals surface area contributed by atoms with E-state index in [1.165, 1.54) is 21.2 Å². The van der Waals surface area contributed by atoms with E-state index in [4.69, 9.17) is 5.84 Å². The molecular weight excluding hydrogens is 412 g/mol. The third kappa shape index (κ3) is 3.22. The number of thiophene rings is 1. The van der Waals surface area contributed by atoms with Crippen LogP contribution in [0.4, 0.5) is 0 Å². The highest BCUT2D eigenvalue weighted by Crippen LogP contribution is 2.36. The van der Waals surface area contributed by atoms with Gasteiger partial charge in [-0.25, -0.2) is 0 Å². The van der Waals surface area contributed by atoms with Crippen LogP contribution in [-0.2, 0) is 6.42 Å². The molecule has 5 heteroatoms. The van der Waals surface area contributed by atoms with Crippen LogP contribution in [0.25, 0.3) is 10.8 Å². The number of nitrogens with one attached hydrogen (secondary N) is 1. The zero-order valence-electron chi connectivity index (χ0n) is 11.1. The van der Waals surface area contributed by atoms with Crippen LogP contribution in [0.1, 0.15) is 16.5 Å². The van der Waals surface area contributed by atoms with Gasteiger partial charge >= 0.3 is 0 Å². The Morgan fingerprint density at radius 1 is 1.10 bits per heavy atom. The molecule has 0 aliphatic rings. The number of nitrogens with two attached hydrogens (primary N) is 1. The number of hydrogen-bond donors (Lipinski definition) is 2. The van der Waals surface area contributed by atoms with Crippen molar-refractivity contribution in [2.45, 2.75) is 12.5 Å². The van der Waals surface area contributed by atoms with Crippen LogP contribution in [0, 0.1) is 0 Å². The highest BCUT2D eigenvalue weighted by molar-refractivity contribution is 9.13. The van der Waals surface area contributed by atoms with E-state index in [0.29, 0.717) is 0 Å². The van der Waals surface area contributed by atoms with E-state index < -0.39 is 0 Å².